The molecule has 1 atom stereocenters. The summed E-state index contributed by atoms with van der Waals surface area (Å²) in [5.41, 5.74) is 0. The molecule has 1 unspecified atom stereocenters. The van der Waals surface area contributed by atoms with Crippen LogP contribution in [-0.2, 0) is 0 Å². The van der Waals surface area contributed by atoms with Crippen LogP contribution in [0.4, 0.5) is 0 Å². The first-order valence-electron chi connectivity index (χ1n) is 8.81. The molecule has 3 fully saturated rings. The second-order valence-corrected chi connectivity index (χ2v) is 7.31. The summed E-state index contributed by atoms with van der Waals surface area (Å²) in [6.07, 6.45) is 11.7. The van der Waals surface area contributed by atoms with Crippen molar-refractivity contribution in [1.82, 2.24) is 10.2 Å². The van der Waals surface area contributed by atoms with Crippen LogP contribution in [0.15, 0.2) is 0 Å². The fourth-order valence-corrected chi connectivity index (χ4v) is 4.19. The van der Waals surface area contributed by atoms with Gasteiger partial charge in [-0.15, -0.1) is 0 Å². The van der Waals surface area contributed by atoms with E-state index in [0.29, 0.717) is 0 Å². The van der Waals surface area contributed by atoms with Crippen molar-refractivity contribution in [2.75, 3.05) is 26.2 Å². The van der Waals surface area contributed by atoms with Gasteiger partial charge in [0.25, 0.3) is 0 Å². The molecule has 3 rings (SSSR count). The largest absolute Gasteiger partial charge is 0.312 e. The highest BCUT2D eigenvalue weighted by Gasteiger charge is 2.33. The molecule has 19 heavy (non-hydrogen) atoms. The normalized spacial score (nSPS) is 38.1. The molecule has 1 saturated heterocycles. The molecule has 2 saturated carbocycles. The summed E-state index contributed by atoms with van der Waals surface area (Å²) in [7, 11) is 0. The minimum Gasteiger partial charge on any atom is -0.312 e. The van der Waals surface area contributed by atoms with E-state index in [4.69, 9.17) is 0 Å². The van der Waals surface area contributed by atoms with Gasteiger partial charge < -0.3 is 10.2 Å². The van der Waals surface area contributed by atoms with Gasteiger partial charge >= 0.3 is 0 Å². The van der Waals surface area contributed by atoms with E-state index in [1.807, 2.05) is 0 Å². The molecule has 3 aliphatic rings. The Kier molecular flexibility index (Phi) is 4.81. The van der Waals surface area contributed by atoms with Crippen LogP contribution in [0.5, 0.6) is 0 Å². The average molecular weight is 264 g/mol. The molecular weight excluding hydrogens is 232 g/mol. The Balaban J connectivity index is 1.45. The van der Waals surface area contributed by atoms with Crippen LogP contribution < -0.4 is 5.32 Å². The monoisotopic (exact) mass is 264 g/mol. The van der Waals surface area contributed by atoms with E-state index in [0.717, 1.165) is 23.8 Å². The van der Waals surface area contributed by atoms with Gasteiger partial charge in [-0.3, -0.25) is 0 Å². The number of hydrogen-bond acceptors (Lipinski definition) is 2. The quantitative estimate of drug-likeness (QED) is 0.838. The summed E-state index contributed by atoms with van der Waals surface area (Å²) in [4.78, 5) is 2.79. The van der Waals surface area contributed by atoms with Crippen LogP contribution in [0, 0.1) is 17.8 Å². The van der Waals surface area contributed by atoms with Gasteiger partial charge in [0.2, 0.25) is 0 Å². The van der Waals surface area contributed by atoms with E-state index in [9.17, 15) is 0 Å². The van der Waals surface area contributed by atoms with Crippen LogP contribution >= 0.6 is 0 Å². The molecule has 0 aromatic carbocycles. The Labute approximate surface area is 119 Å². The standard InChI is InChI=1S/C17H32N2/c1-2-14-4-6-15(7-5-14)12-19-11-3-10-18-17(13-19)16-8-9-16/h14-18H,2-13H2,1H3. The summed E-state index contributed by atoms with van der Waals surface area (Å²) < 4.78 is 0. The third kappa shape index (κ3) is 3.95. The number of nitrogens with one attached hydrogen (secondary N) is 1. The van der Waals surface area contributed by atoms with Crippen LogP contribution in [0.2, 0.25) is 0 Å². The van der Waals surface area contributed by atoms with Gasteiger partial charge in [0.05, 0.1) is 0 Å². The SMILES string of the molecule is CCC1CCC(CN2CCCNC(C3CC3)C2)CC1. The Hall–Kier alpha value is -0.0800. The Morgan fingerprint density at radius 3 is 2.42 bits per heavy atom. The van der Waals surface area contributed by atoms with Crippen molar-refractivity contribution in [1.29, 1.82) is 0 Å². The van der Waals surface area contributed by atoms with Gasteiger partial charge in [-0.2, -0.15) is 0 Å². The van der Waals surface area contributed by atoms with Crippen LogP contribution in [0.25, 0.3) is 0 Å². The molecule has 0 bridgehead atoms. The van der Waals surface area contributed by atoms with E-state index < -0.39 is 0 Å². The molecular formula is C17H32N2. The highest BCUT2D eigenvalue weighted by Crippen LogP contribution is 2.34. The van der Waals surface area contributed by atoms with E-state index in [1.54, 1.807) is 0 Å². The lowest BCUT2D eigenvalue weighted by Crippen LogP contribution is -2.41. The number of hydrogen-bond donors (Lipinski definition) is 1. The molecule has 110 valence electrons. The average Bonchev–Trinajstić information content (AvgIpc) is 3.26. The van der Waals surface area contributed by atoms with Crippen molar-refractivity contribution in [3.05, 3.63) is 0 Å². The van der Waals surface area contributed by atoms with Crippen molar-refractivity contribution in [3.8, 4) is 0 Å². The fourth-order valence-electron chi connectivity index (χ4n) is 4.19. The van der Waals surface area contributed by atoms with E-state index in [-0.39, 0.29) is 0 Å². The summed E-state index contributed by atoms with van der Waals surface area (Å²) in [6, 6.07) is 0.814. The third-order valence-corrected chi connectivity index (χ3v) is 5.76. The van der Waals surface area contributed by atoms with Gasteiger partial charge in [0, 0.05) is 19.1 Å². The van der Waals surface area contributed by atoms with Crippen LogP contribution in [0.1, 0.15) is 58.3 Å². The zero-order valence-electron chi connectivity index (χ0n) is 12.7. The Morgan fingerprint density at radius 2 is 1.74 bits per heavy atom. The van der Waals surface area contributed by atoms with Crippen molar-refractivity contribution >= 4 is 0 Å². The van der Waals surface area contributed by atoms with Crippen LogP contribution in [0.3, 0.4) is 0 Å². The highest BCUT2D eigenvalue weighted by atomic mass is 15.2. The Bertz CT molecular complexity index is 266. The van der Waals surface area contributed by atoms with Gasteiger partial charge in [0.15, 0.2) is 0 Å². The second kappa shape index (κ2) is 6.58. The maximum atomic E-state index is 3.79. The smallest absolute Gasteiger partial charge is 0.0223 e. The van der Waals surface area contributed by atoms with E-state index >= 15 is 0 Å². The second-order valence-electron chi connectivity index (χ2n) is 7.31. The first-order chi connectivity index (χ1) is 9.35. The van der Waals surface area contributed by atoms with Crippen molar-refractivity contribution in [2.24, 2.45) is 17.8 Å². The molecule has 1 N–H and O–H groups in total. The molecule has 2 nitrogen and oxygen atoms in total. The van der Waals surface area contributed by atoms with Crippen molar-refractivity contribution < 1.29 is 0 Å². The zero-order chi connectivity index (χ0) is 13.1. The van der Waals surface area contributed by atoms with Gasteiger partial charge in [0.1, 0.15) is 0 Å². The van der Waals surface area contributed by atoms with Crippen molar-refractivity contribution in [2.45, 2.75) is 64.3 Å². The van der Waals surface area contributed by atoms with Crippen LogP contribution in [-0.4, -0.2) is 37.1 Å². The lowest BCUT2D eigenvalue weighted by atomic mass is 9.80. The summed E-state index contributed by atoms with van der Waals surface area (Å²) in [6.45, 7) is 7.68. The molecule has 2 aliphatic carbocycles. The topological polar surface area (TPSA) is 15.3 Å². The predicted molar refractivity (Wildman–Crippen MR) is 81.3 cm³/mol. The molecule has 2 heteroatoms. The minimum atomic E-state index is 0.814. The van der Waals surface area contributed by atoms with Gasteiger partial charge in [-0.1, -0.05) is 26.2 Å². The third-order valence-electron chi connectivity index (χ3n) is 5.76. The number of rotatable bonds is 4. The lowest BCUT2D eigenvalue weighted by molar-refractivity contribution is 0.173. The molecule has 0 aromatic rings. The lowest BCUT2D eigenvalue weighted by Gasteiger charge is -2.33. The van der Waals surface area contributed by atoms with E-state index in [1.165, 1.54) is 77.5 Å². The van der Waals surface area contributed by atoms with Crippen molar-refractivity contribution in [3.63, 3.8) is 0 Å². The molecule has 0 amide bonds. The maximum absolute atomic E-state index is 3.79. The molecule has 0 spiro atoms. The maximum Gasteiger partial charge on any atom is 0.0223 e. The minimum absolute atomic E-state index is 0.814. The first-order valence-corrected chi connectivity index (χ1v) is 8.81. The Morgan fingerprint density at radius 1 is 1.00 bits per heavy atom. The van der Waals surface area contributed by atoms with Gasteiger partial charge in [-0.05, 0) is 62.9 Å². The molecule has 1 aliphatic heterocycles. The summed E-state index contributed by atoms with van der Waals surface area (Å²) in [5.74, 6) is 3.05. The highest BCUT2D eigenvalue weighted by molar-refractivity contribution is 4.90. The predicted octanol–water partition coefficient (Wildman–Crippen LogP) is 3.28. The van der Waals surface area contributed by atoms with Gasteiger partial charge in [-0.25, -0.2) is 0 Å². The fraction of sp³-hybridized carbons (Fsp3) is 1.00. The van der Waals surface area contributed by atoms with E-state index in [2.05, 4.69) is 17.1 Å². The number of nitrogens with zero attached hydrogens (tertiary/aromatic N) is 1. The summed E-state index contributed by atoms with van der Waals surface area (Å²) in [5, 5.41) is 3.79. The molecule has 0 aromatic heterocycles. The molecule has 1 heterocycles. The zero-order valence-corrected chi connectivity index (χ0v) is 12.7. The molecule has 0 radical (unpaired) electrons. The first kappa shape index (κ1) is 13.9. The summed E-state index contributed by atoms with van der Waals surface area (Å²) >= 11 is 0.